The summed E-state index contributed by atoms with van der Waals surface area (Å²) in [5, 5.41) is 5.11. The fourth-order valence-corrected chi connectivity index (χ4v) is 3.80. The van der Waals surface area contributed by atoms with E-state index in [2.05, 4.69) is 21.7 Å². The number of para-hydroxylation sites is 2. The van der Waals surface area contributed by atoms with Gasteiger partial charge in [0.25, 0.3) is 0 Å². The van der Waals surface area contributed by atoms with Crippen LogP contribution in [-0.4, -0.2) is 24.5 Å². The molecule has 0 saturated carbocycles. The molecule has 1 N–H and O–H groups in total. The quantitative estimate of drug-likeness (QED) is 0.601. The number of nitrogens with zero attached hydrogens (tertiary/aromatic N) is 1. The van der Waals surface area contributed by atoms with Crippen molar-refractivity contribution < 1.29 is 9.53 Å². The maximum absolute atomic E-state index is 13.2. The zero-order chi connectivity index (χ0) is 19.1. The van der Waals surface area contributed by atoms with Crippen LogP contribution in [0.25, 0.3) is 0 Å². The van der Waals surface area contributed by atoms with Crippen LogP contribution in [0.1, 0.15) is 23.4 Å². The van der Waals surface area contributed by atoms with Crippen molar-refractivity contribution in [2.24, 2.45) is 0 Å². The van der Waals surface area contributed by atoms with Gasteiger partial charge in [0.1, 0.15) is 11.8 Å². The van der Waals surface area contributed by atoms with E-state index in [1.165, 1.54) is 4.88 Å². The van der Waals surface area contributed by atoms with Gasteiger partial charge in [-0.15, -0.1) is 11.3 Å². The molecule has 0 aliphatic heterocycles. The van der Waals surface area contributed by atoms with Gasteiger partial charge in [-0.25, -0.2) is 0 Å². The molecule has 0 unspecified atom stereocenters. The van der Waals surface area contributed by atoms with Crippen LogP contribution in [0.5, 0.6) is 5.75 Å². The summed E-state index contributed by atoms with van der Waals surface area (Å²) in [5.74, 6) is 0.605. The SMILES string of the molecule is CCOc1ccccc1NC(=O)[C@H](c1ccccc1)N(C)Cc1cccs1. The Morgan fingerprint density at radius 2 is 1.81 bits per heavy atom. The van der Waals surface area contributed by atoms with Gasteiger partial charge in [-0.2, -0.15) is 0 Å². The minimum atomic E-state index is -0.400. The molecule has 2 aromatic carbocycles. The van der Waals surface area contributed by atoms with Gasteiger partial charge in [-0.3, -0.25) is 9.69 Å². The number of anilines is 1. The minimum absolute atomic E-state index is 0.0765. The highest BCUT2D eigenvalue weighted by atomic mass is 32.1. The number of likely N-dealkylation sites (N-methyl/N-ethyl adjacent to an activating group) is 1. The number of thiophene rings is 1. The first kappa shape index (κ1) is 19.1. The molecule has 1 amide bonds. The van der Waals surface area contributed by atoms with E-state index in [4.69, 9.17) is 4.74 Å². The van der Waals surface area contributed by atoms with E-state index in [1.54, 1.807) is 11.3 Å². The number of carbonyl (C=O) groups is 1. The summed E-state index contributed by atoms with van der Waals surface area (Å²) < 4.78 is 5.64. The number of carbonyl (C=O) groups excluding carboxylic acids is 1. The lowest BCUT2D eigenvalue weighted by Gasteiger charge is -2.27. The predicted molar refractivity (Wildman–Crippen MR) is 111 cm³/mol. The number of rotatable bonds is 8. The van der Waals surface area contributed by atoms with Crippen LogP contribution < -0.4 is 10.1 Å². The summed E-state index contributed by atoms with van der Waals surface area (Å²) in [7, 11) is 1.98. The third-order valence-corrected chi connectivity index (χ3v) is 5.10. The van der Waals surface area contributed by atoms with Crippen LogP contribution in [-0.2, 0) is 11.3 Å². The van der Waals surface area contributed by atoms with Crippen molar-refractivity contribution in [3.63, 3.8) is 0 Å². The first-order valence-electron chi connectivity index (χ1n) is 8.99. The van der Waals surface area contributed by atoms with Gasteiger partial charge in [-0.05, 0) is 43.1 Å². The molecule has 0 saturated heterocycles. The number of hydrogen-bond donors (Lipinski definition) is 1. The molecule has 4 nitrogen and oxygen atoms in total. The topological polar surface area (TPSA) is 41.6 Å². The van der Waals surface area contributed by atoms with Crippen LogP contribution in [0.15, 0.2) is 72.1 Å². The second-order valence-electron chi connectivity index (χ2n) is 6.23. The second-order valence-corrected chi connectivity index (χ2v) is 7.26. The maximum atomic E-state index is 13.2. The molecule has 0 spiro atoms. The highest BCUT2D eigenvalue weighted by molar-refractivity contribution is 7.09. The van der Waals surface area contributed by atoms with Crippen molar-refractivity contribution in [3.8, 4) is 5.75 Å². The number of nitrogens with one attached hydrogen (secondary N) is 1. The molecule has 0 bridgehead atoms. The second kappa shape index (κ2) is 9.35. The van der Waals surface area contributed by atoms with Crippen LogP contribution in [0.4, 0.5) is 5.69 Å². The van der Waals surface area contributed by atoms with Gasteiger partial charge in [0.05, 0.1) is 12.3 Å². The number of ether oxygens (including phenoxy) is 1. The smallest absolute Gasteiger partial charge is 0.246 e. The first-order chi connectivity index (χ1) is 13.2. The summed E-state index contributed by atoms with van der Waals surface area (Å²) in [6.45, 7) is 3.19. The van der Waals surface area contributed by atoms with E-state index in [0.29, 0.717) is 24.6 Å². The van der Waals surface area contributed by atoms with Crippen molar-refractivity contribution in [2.75, 3.05) is 19.0 Å². The molecule has 0 aliphatic rings. The van der Waals surface area contributed by atoms with Gasteiger partial charge >= 0.3 is 0 Å². The Hall–Kier alpha value is -2.63. The molecule has 140 valence electrons. The van der Waals surface area contributed by atoms with E-state index < -0.39 is 6.04 Å². The molecule has 3 rings (SSSR count). The van der Waals surface area contributed by atoms with Crippen LogP contribution in [0, 0.1) is 0 Å². The number of benzene rings is 2. The summed E-state index contributed by atoms with van der Waals surface area (Å²) in [4.78, 5) is 16.5. The largest absolute Gasteiger partial charge is 0.492 e. The van der Waals surface area contributed by atoms with Crippen LogP contribution >= 0.6 is 11.3 Å². The fraction of sp³-hybridized carbons (Fsp3) is 0.227. The van der Waals surface area contributed by atoms with Crippen LogP contribution in [0.2, 0.25) is 0 Å². The molecular weight excluding hydrogens is 356 g/mol. The van der Waals surface area contributed by atoms with E-state index in [-0.39, 0.29) is 5.91 Å². The summed E-state index contributed by atoms with van der Waals surface area (Å²) in [6.07, 6.45) is 0. The Morgan fingerprint density at radius 1 is 1.07 bits per heavy atom. The molecule has 0 radical (unpaired) electrons. The Bertz CT molecular complexity index is 850. The standard InChI is InChI=1S/C22H24N2O2S/c1-3-26-20-14-8-7-13-19(20)23-22(25)21(17-10-5-4-6-11-17)24(2)16-18-12-9-15-27-18/h4-15,21H,3,16H2,1-2H3,(H,23,25)/t21-/m0/s1. The monoisotopic (exact) mass is 380 g/mol. The molecule has 1 heterocycles. The molecule has 27 heavy (non-hydrogen) atoms. The van der Waals surface area contributed by atoms with Gasteiger partial charge in [0, 0.05) is 11.4 Å². The Kier molecular flexibility index (Phi) is 6.63. The molecular formula is C22H24N2O2S. The lowest BCUT2D eigenvalue weighted by molar-refractivity contribution is -0.121. The maximum Gasteiger partial charge on any atom is 0.246 e. The molecule has 1 atom stereocenters. The minimum Gasteiger partial charge on any atom is -0.492 e. The molecule has 5 heteroatoms. The molecule has 0 fully saturated rings. The molecule has 1 aromatic heterocycles. The number of amides is 1. The van der Waals surface area contributed by atoms with Crippen molar-refractivity contribution in [3.05, 3.63) is 82.6 Å². The van der Waals surface area contributed by atoms with Crippen molar-refractivity contribution in [1.82, 2.24) is 4.90 Å². The Labute approximate surface area is 164 Å². The van der Waals surface area contributed by atoms with Crippen molar-refractivity contribution in [2.45, 2.75) is 19.5 Å². The lowest BCUT2D eigenvalue weighted by Crippen LogP contribution is -2.34. The Morgan fingerprint density at radius 3 is 2.52 bits per heavy atom. The van der Waals surface area contributed by atoms with Gasteiger partial charge in [0.15, 0.2) is 0 Å². The van der Waals surface area contributed by atoms with Crippen molar-refractivity contribution in [1.29, 1.82) is 0 Å². The Balaban J connectivity index is 1.85. The lowest BCUT2D eigenvalue weighted by atomic mass is 10.0. The summed E-state index contributed by atoms with van der Waals surface area (Å²) in [6, 6.07) is 21.1. The van der Waals surface area contributed by atoms with E-state index in [1.807, 2.05) is 74.6 Å². The van der Waals surface area contributed by atoms with E-state index >= 15 is 0 Å². The third-order valence-electron chi connectivity index (χ3n) is 4.23. The third kappa shape index (κ3) is 4.96. The highest BCUT2D eigenvalue weighted by Gasteiger charge is 2.26. The van der Waals surface area contributed by atoms with Crippen LogP contribution in [0.3, 0.4) is 0 Å². The predicted octanol–water partition coefficient (Wildman–Crippen LogP) is 4.96. The first-order valence-corrected chi connectivity index (χ1v) is 9.87. The summed E-state index contributed by atoms with van der Waals surface area (Å²) >= 11 is 1.70. The average Bonchev–Trinajstić information content (AvgIpc) is 3.17. The average molecular weight is 381 g/mol. The van der Waals surface area contributed by atoms with Gasteiger partial charge in [-0.1, -0.05) is 48.5 Å². The number of hydrogen-bond acceptors (Lipinski definition) is 4. The fourth-order valence-electron chi connectivity index (χ4n) is 3.03. The zero-order valence-electron chi connectivity index (χ0n) is 15.6. The van der Waals surface area contributed by atoms with Gasteiger partial charge < -0.3 is 10.1 Å². The summed E-state index contributed by atoms with van der Waals surface area (Å²) in [5.41, 5.74) is 1.65. The molecule has 3 aromatic rings. The van der Waals surface area contributed by atoms with E-state index in [9.17, 15) is 4.79 Å². The zero-order valence-corrected chi connectivity index (χ0v) is 16.4. The van der Waals surface area contributed by atoms with Gasteiger partial charge in [0.2, 0.25) is 5.91 Å². The molecule has 0 aliphatic carbocycles. The van der Waals surface area contributed by atoms with Crippen molar-refractivity contribution >= 4 is 22.9 Å². The normalized spacial score (nSPS) is 12.0. The highest BCUT2D eigenvalue weighted by Crippen LogP contribution is 2.28. The van der Waals surface area contributed by atoms with E-state index in [0.717, 1.165) is 5.56 Å².